The monoisotopic (exact) mass is 374 g/mol. The molecular weight excluding hydrogens is 352 g/mol. The molecule has 0 aliphatic carbocycles. The average Bonchev–Trinajstić information content (AvgIpc) is 2.68. The number of carbonyl (C=O) groups excluding carboxylic acids is 1. The zero-order valence-electron chi connectivity index (χ0n) is 14.4. The van der Waals surface area contributed by atoms with Gasteiger partial charge in [-0.1, -0.05) is 24.6 Å². The van der Waals surface area contributed by atoms with Gasteiger partial charge in [0.25, 0.3) is 5.91 Å². The van der Waals surface area contributed by atoms with Crippen molar-refractivity contribution in [2.24, 2.45) is 0 Å². The van der Waals surface area contributed by atoms with Crippen LogP contribution in [0, 0.1) is 0 Å². The molecule has 0 saturated carbocycles. The predicted molar refractivity (Wildman–Crippen MR) is 99.6 cm³/mol. The third kappa shape index (κ3) is 4.62. The summed E-state index contributed by atoms with van der Waals surface area (Å²) in [6, 6.07) is 15.3. The third-order valence-electron chi connectivity index (χ3n) is 4.20. The highest BCUT2D eigenvalue weighted by atomic mass is 32.2. The summed E-state index contributed by atoms with van der Waals surface area (Å²) in [5.41, 5.74) is 0.698. The van der Waals surface area contributed by atoms with Gasteiger partial charge in [0, 0.05) is 18.8 Å². The summed E-state index contributed by atoms with van der Waals surface area (Å²) in [6.45, 7) is 0.994. The smallest absolute Gasteiger partial charge is 0.262 e. The molecule has 0 spiro atoms. The van der Waals surface area contributed by atoms with Gasteiger partial charge >= 0.3 is 0 Å². The molecule has 1 amide bonds. The van der Waals surface area contributed by atoms with E-state index in [9.17, 15) is 13.2 Å². The van der Waals surface area contributed by atoms with Crippen LogP contribution in [0.2, 0.25) is 0 Å². The number of nitrogens with one attached hydrogen (secondary N) is 1. The molecule has 0 radical (unpaired) electrons. The van der Waals surface area contributed by atoms with Crippen LogP contribution < -0.4 is 10.1 Å². The van der Waals surface area contributed by atoms with Crippen molar-refractivity contribution in [2.45, 2.75) is 24.2 Å². The second kappa shape index (κ2) is 8.33. The molecule has 3 rings (SSSR count). The Morgan fingerprint density at radius 1 is 0.962 bits per heavy atom. The van der Waals surface area contributed by atoms with E-state index < -0.39 is 10.0 Å². The van der Waals surface area contributed by atoms with Crippen LogP contribution in [0.1, 0.15) is 19.3 Å². The minimum absolute atomic E-state index is 0.146. The standard InChI is InChI=1S/C19H22N2O4S/c22-19(20-16-7-3-1-4-8-16)15-25-17-9-11-18(12-10-17)26(23,24)21-13-5-2-6-14-21/h1,3-4,7-12H,2,5-6,13-15H2,(H,20,22). The minimum atomic E-state index is -3.45. The molecule has 26 heavy (non-hydrogen) atoms. The fourth-order valence-electron chi connectivity index (χ4n) is 2.83. The number of sulfonamides is 1. The maximum atomic E-state index is 12.6. The largest absolute Gasteiger partial charge is 0.484 e. The zero-order chi connectivity index (χ0) is 18.4. The SMILES string of the molecule is O=C(COc1ccc(S(=O)(=O)N2CCCCC2)cc1)Nc1ccccc1. The summed E-state index contributed by atoms with van der Waals surface area (Å²) in [7, 11) is -3.45. The molecule has 1 saturated heterocycles. The highest BCUT2D eigenvalue weighted by molar-refractivity contribution is 7.89. The van der Waals surface area contributed by atoms with E-state index >= 15 is 0 Å². The Hall–Kier alpha value is -2.38. The van der Waals surface area contributed by atoms with Crippen molar-refractivity contribution < 1.29 is 17.9 Å². The molecule has 1 heterocycles. The van der Waals surface area contributed by atoms with E-state index in [0.29, 0.717) is 24.5 Å². The van der Waals surface area contributed by atoms with Crippen LogP contribution in [0.15, 0.2) is 59.5 Å². The molecule has 0 bridgehead atoms. The highest BCUT2D eigenvalue weighted by Gasteiger charge is 2.25. The van der Waals surface area contributed by atoms with E-state index in [1.54, 1.807) is 24.3 Å². The second-order valence-electron chi connectivity index (χ2n) is 6.14. The number of nitrogens with zero attached hydrogens (tertiary/aromatic N) is 1. The summed E-state index contributed by atoms with van der Waals surface area (Å²) in [4.78, 5) is 12.1. The molecule has 2 aromatic rings. The summed E-state index contributed by atoms with van der Waals surface area (Å²) in [5, 5.41) is 2.72. The number of para-hydroxylation sites is 1. The Bertz CT molecular complexity index is 830. The van der Waals surface area contributed by atoms with Gasteiger partial charge in [0.1, 0.15) is 5.75 Å². The lowest BCUT2D eigenvalue weighted by Gasteiger charge is -2.25. The van der Waals surface area contributed by atoms with Gasteiger partial charge in [-0.05, 0) is 49.2 Å². The molecule has 0 aromatic heterocycles. The van der Waals surface area contributed by atoms with Crippen LogP contribution in [0.5, 0.6) is 5.75 Å². The zero-order valence-corrected chi connectivity index (χ0v) is 15.2. The van der Waals surface area contributed by atoms with E-state index in [1.165, 1.54) is 16.4 Å². The lowest BCUT2D eigenvalue weighted by molar-refractivity contribution is -0.118. The van der Waals surface area contributed by atoms with Crippen molar-refractivity contribution in [1.29, 1.82) is 0 Å². The van der Waals surface area contributed by atoms with E-state index in [4.69, 9.17) is 4.74 Å². The Morgan fingerprint density at radius 2 is 1.62 bits per heavy atom. The van der Waals surface area contributed by atoms with E-state index in [-0.39, 0.29) is 17.4 Å². The van der Waals surface area contributed by atoms with Crippen molar-refractivity contribution in [3.63, 3.8) is 0 Å². The lowest BCUT2D eigenvalue weighted by Crippen LogP contribution is -2.35. The fraction of sp³-hybridized carbons (Fsp3) is 0.316. The van der Waals surface area contributed by atoms with Gasteiger partial charge in [-0.2, -0.15) is 4.31 Å². The number of hydrogen-bond acceptors (Lipinski definition) is 4. The number of benzene rings is 2. The molecule has 2 aromatic carbocycles. The van der Waals surface area contributed by atoms with Gasteiger partial charge < -0.3 is 10.1 Å². The fourth-order valence-corrected chi connectivity index (χ4v) is 4.35. The Balaban J connectivity index is 1.56. The molecule has 1 N–H and O–H groups in total. The quantitative estimate of drug-likeness (QED) is 0.844. The summed E-state index contributed by atoms with van der Waals surface area (Å²) in [5.74, 6) is 0.173. The number of rotatable bonds is 6. The van der Waals surface area contributed by atoms with Crippen LogP contribution in [0.25, 0.3) is 0 Å². The topological polar surface area (TPSA) is 75.7 Å². The van der Waals surface area contributed by atoms with Crippen LogP contribution in [0.3, 0.4) is 0 Å². The first-order valence-corrected chi connectivity index (χ1v) is 10.1. The van der Waals surface area contributed by atoms with E-state index in [1.807, 2.05) is 18.2 Å². The Labute approximate surface area is 153 Å². The van der Waals surface area contributed by atoms with Crippen LogP contribution in [-0.2, 0) is 14.8 Å². The first-order valence-electron chi connectivity index (χ1n) is 8.64. The molecule has 6 nitrogen and oxygen atoms in total. The predicted octanol–water partition coefficient (Wildman–Crippen LogP) is 2.88. The number of carbonyl (C=O) groups is 1. The Morgan fingerprint density at radius 3 is 2.27 bits per heavy atom. The number of anilines is 1. The number of hydrogen-bond donors (Lipinski definition) is 1. The van der Waals surface area contributed by atoms with Gasteiger partial charge in [0.2, 0.25) is 10.0 Å². The third-order valence-corrected chi connectivity index (χ3v) is 6.12. The van der Waals surface area contributed by atoms with Crippen molar-refractivity contribution in [2.75, 3.05) is 25.0 Å². The van der Waals surface area contributed by atoms with Crippen LogP contribution >= 0.6 is 0 Å². The molecule has 0 atom stereocenters. The van der Waals surface area contributed by atoms with E-state index in [0.717, 1.165) is 19.3 Å². The van der Waals surface area contributed by atoms with Crippen molar-refractivity contribution in [3.8, 4) is 5.75 Å². The molecule has 1 fully saturated rings. The number of piperidine rings is 1. The van der Waals surface area contributed by atoms with Gasteiger partial charge in [-0.25, -0.2) is 8.42 Å². The number of amides is 1. The Kier molecular flexibility index (Phi) is 5.90. The average molecular weight is 374 g/mol. The van der Waals surface area contributed by atoms with Crippen molar-refractivity contribution in [1.82, 2.24) is 4.31 Å². The number of ether oxygens (including phenoxy) is 1. The molecular formula is C19H22N2O4S. The normalized spacial score (nSPS) is 15.4. The van der Waals surface area contributed by atoms with Gasteiger partial charge in [-0.3, -0.25) is 4.79 Å². The molecule has 1 aliphatic rings. The first-order chi connectivity index (χ1) is 12.6. The maximum Gasteiger partial charge on any atom is 0.262 e. The van der Waals surface area contributed by atoms with Gasteiger partial charge in [-0.15, -0.1) is 0 Å². The molecule has 138 valence electrons. The molecule has 1 aliphatic heterocycles. The van der Waals surface area contributed by atoms with Crippen LogP contribution in [0.4, 0.5) is 5.69 Å². The van der Waals surface area contributed by atoms with Crippen molar-refractivity contribution >= 4 is 21.6 Å². The van der Waals surface area contributed by atoms with Gasteiger partial charge in [0.05, 0.1) is 4.90 Å². The summed E-state index contributed by atoms with van der Waals surface area (Å²) in [6.07, 6.45) is 2.87. The van der Waals surface area contributed by atoms with Crippen LogP contribution in [-0.4, -0.2) is 38.3 Å². The summed E-state index contributed by atoms with van der Waals surface area (Å²) < 4.78 is 32.1. The minimum Gasteiger partial charge on any atom is -0.484 e. The molecule has 7 heteroatoms. The highest BCUT2D eigenvalue weighted by Crippen LogP contribution is 2.22. The van der Waals surface area contributed by atoms with Crippen molar-refractivity contribution in [3.05, 3.63) is 54.6 Å². The first kappa shape index (κ1) is 18.4. The second-order valence-corrected chi connectivity index (χ2v) is 8.08. The molecule has 0 unspecified atom stereocenters. The van der Waals surface area contributed by atoms with Gasteiger partial charge in [0.15, 0.2) is 6.61 Å². The lowest BCUT2D eigenvalue weighted by atomic mass is 10.2. The maximum absolute atomic E-state index is 12.6. The van der Waals surface area contributed by atoms with E-state index in [2.05, 4.69) is 5.32 Å². The summed E-state index contributed by atoms with van der Waals surface area (Å²) >= 11 is 0.